The first kappa shape index (κ1) is 4.49. The second-order valence-corrected chi connectivity index (χ2v) is 1.90. The molecule has 2 heterocycles. The summed E-state index contributed by atoms with van der Waals surface area (Å²) in [5.41, 5.74) is 7.15. The molecule has 3 nitrogen and oxygen atoms in total. The maximum Gasteiger partial charge on any atom is 0.126 e. The van der Waals surface area contributed by atoms with Gasteiger partial charge in [-0.2, -0.15) is 0 Å². The minimum atomic E-state index is 0.549. The number of allylic oxidation sites excluding steroid dienone is 1. The van der Waals surface area contributed by atoms with Crippen molar-refractivity contribution in [2.45, 2.75) is 0 Å². The minimum absolute atomic E-state index is 0.549. The van der Waals surface area contributed by atoms with Crippen molar-refractivity contribution in [1.29, 1.82) is 0 Å². The van der Waals surface area contributed by atoms with E-state index in [0.717, 1.165) is 11.4 Å². The minimum Gasteiger partial charge on any atom is -0.384 e. The lowest BCUT2D eigenvalue weighted by molar-refractivity contribution is 1.33. The Morgan fingerprint density at radius 2 is 2.22 bits per heavy atom. The highest BCUT2D eigenvalue weighted by molar-refractivity contribution is 5.99. The first-order valence-electron chi connectivity index (χ1n) is 2.67. The van der Waals surface area contributed by atoms with Crippen molar-refractivity contribution in [2.24, 2.45) is 15.7 Å². The molecule has 0 unspecified atom stereocenters. The molecule has 0 fully saturated rings. The Morgan fingerprint density at radius 1 is 1.33 bits per heavy atom. The number of fused-ring (bicyclic) bond motifs is 1. The van der Waals surface area contributed by atoms with Crippen LogP contribution in [0.1, 0.15) is 0 Å². The van der Waals surface area contributed by atoms with Gasteiger partial charge >= 0.3 is 0 Å². The fourth-order valence-corrected chi connectivity index (χ4v) is 0.857. The van der Waals surface area contributed by atoms with Gasteiger partial charge in [0.1, 0.15) is 5.84 Å². The first-order chi connectivity index (χ1) is 4.36. The van der Waals surface area contributed by atoms with Crippen LogP contribution in [0.5, 0.6) is 0 Å². The molecule has 2 N–H and O–H groups in total. The lowest BCUT2D eigenvalue weighted by Crippen LogP contribution is -2.03. The monoisotopic (exact) mass is 119 g/mol. The van der Waals surface area contributed by atoms with Crippen molar-refractivity contribution < 1.29 is 0 Å². The summed E-state index contributed by atoms with van der Waals surface area (Å²) in [6, 6.07) is 0. The maximum atomic E-state index is 5.38. The molecule has 2 aliphatic heterocycles. The van der Waals surface area contributed by atoms with Gasteiger partial charge in [-0.3, -0.25) is 4.99 Å². The molecule has 2 aliphatic rings. The summed E-state index contributed by atoms with van der Waals surface area (Å²) in [5.74, 6) is 0.549. The highest BCUT2D eigenvalue weighted by Crippen LogP contribution is 2.21. The molecule has 3 heteroatoms. The molecular weight excluding hydrogens is 114 g/mol. The third kappa shape index (κ3) is 0.512. The number of nitrogens with two attached hydrogens (primary N) is 1. The van der Waals surface area contributed by atoms with E-state index in [9.17, 15) is 0 Å². The van der Waals surface area contributed by atoms with Crippen LogP contribution >= 0.6 is 0 Å². The van der Waals surface area contributed by atoms with Gasteiger partial charge in [-0.05, 0) is 6.08 Å². The lowest BCUT2D eigenvalue weighted by Gasteiger charge is -1.82. The highest BCUT2D eigenvalue weighted by Gasteiger charge is 2.12. The molecule has 0 amide bonds. The third-order valence-corrected chi connectivity index (χ3v) is 1.24. The van der Waals surface area contributed by atoms with Crippen LogP contribution in [0.25, 0.3) is 0 Å². The standard InChI is InChI=1S/C6H5N3/c7-6-3-5-4(9-6)1-2-8-5/h1-3H,(H2,7,9). The van der Waals surface area contributed by atoms with E-state index in [4.69, 9.17) is 5.73 Å². The van der Waals surface area contributed by atoms with E-state index in [1.165, 1.54) is 0 Å². The number of nitrogens with zero attached hydrogens (tertiary/aromatic N) is 2. The van der Waals surface area contributed by atoms with Crippen LogP contribution in [-0.4, -0.2) is 12.1 Å². The molecule has 2 rings (SSSR count). The molecule has 0 saturated carbocycles. The quantitative estimate of drug-likeness (QED) is 0.487. The van der Waals surface area contributed by atoms with E-state index in [1.807, 2.05) is 6.08 Å². The molecule has 0 atom stereocenters. The summed E-state index contributed by atoms with van der Waals surface area (Å²) in [4.78, 5) is 7.99. The predicted molar refractivity (Wildman–Crippen MR) is 36.3 cm³/mol. The summed E-state index contributed by atoms with van der Waals surface area (Å²) in [6.45, 7) is 0. The van der Waals surface area contributed by atoms with Crippen LogP contribution in [-0.2, 0) is 0 Å². The van der Waals surface area contributed by atoms with Crippen LogP contribution in [0.3, 0.4) is 0 Å². The van der Waals surface area contributed by atoms with Crippen molar-refractivity contribution in [2.75, 3.05) is 0 Å². The van der Waals surface area contributed by atoms with Crippen LogP contribution in [0.2, 0.25) is 0 Å². The lowest BCUT2D eigenvalue weighted by atomic mass is 10.4. The number of hydrogen-bond acceptors (Lipinski definition) is 3. The Bertz CT molecular complexity index is 268. The Balaban J connectivity index is 2.53. The zero-order valence-corrected chi connectivity index (χ0v) is 4.70. The van der Waals surface area contributed by atoms with Gasteiger partial charge in [-0.1, -0.05) is 0 Å². The smallest absolute Gasteiger partial charge is 0.126 e. The molecule has 0 saturated heterocycles. The number of hydrogen-bond donors (Lipinski definition) is 1. The van der Waals surface area contributed by atoms with E-state index in [-0.39, 0.29) is 0 Å². The highest BCUT2D eigenvalue weighted by atomic mass is 15.0. The molecule has 0 aromatic carbocycles. The predicted octanol–water partition coefficient (Wildman–Crippen LogP) is 0.209. The van der Waals surface area contributed by atoms with E-state index >= 15 is 0 Å². The molecule has 44 valence electrons. The fraction of sp³-hybridized carbons (Fsp3) is 0. The van der Waals surface area contributed by atoms with E-state index in [1.54, 1.807) is 12.3 Å². The number of aliphatic imine (C=N–C) groups is 2. The summed E-state index contributed by atoms with van der Waals surface area (Å²) >= 11 is 0. The second kappa shape index (κ2) is 1.31. The number of rotatable bonds is 0. The fourth-order valence-electron chi connectivity index (χ4n) is 0.857. The van der Waals surface area contributed by atoms with E-state index < -0.39 is 0 Å². The molecule has 0 spiro atoms. The topological polar surface area (TPSA) is 50.7 Å². The summed E-state index contributed by atoms with van der Waals surface area (Å²) in [5, 5.41) is 0. The average Bonchev–Trinajstić information content (AvgIpc) is 2.22. The molecule has 9 heavy (non-hydrogen) atoms. The van der Waals surface area contributed by atoms with Crippen LogP contribution in [0, 0.1) is 0 Å². The van der Waals surface area contributed by atoms with Crippen LogP contribution < -0.4 is 5.73 Å². The molecular formula is C6H5N3. The zero-order chi connectivity index (χ0) is 6.27. The van der Waals surface area contributed by atoms with Gasteiger partial charge in [0, 0.05) is 12.3 Å². The SMILES string of the molecule is NC1=NC2=CC=NC2=C1. The zero-order valence-electron chi connectivity index (χ0n) is 4.70. The Labute approximate surface area is 52.3 Å². The van der Waals surface area contributed by atoms with Crippen molar-refractivity contribution >= 4 is 12.1 Å². The molecule has 0 aromatic rings. The summed E-state index contributed by atoms with van der Waals surface area (Å²) in [6.07, 6.45) is 5.32. The van der Waals surface area contributed by atoms with Crippen molar-refractivity contribution in [1.82, 2.24) is 0 Å². The van der Waals surface area contributed by atoms with Gasteiger partial charge in [0.25, 0.3) is 0 Å². The Morgan fingerprint density at radius 3 is 3.00 bits per heavy atom. The molecule has 0 radical (unpaired) electrons. The van der Waals surface area contributed by atoms with Crippen molar-refractivity contribution in [3.8, 4) is 0 Å². The molecule has 0 aromatic heterocycles. The molecule has 0 aliphatic carbocycles. The summed E-state index contributed by atoms with van der Waals surface area (Å²) in [7, 11) is 0. The number of amidine groups is 1. The van der Waals surface area contributed by atoms with Gasteiger partial charge < -0.3 is 5.73 Å². The largest absolute Gasteiger partial charge is 0.384 e. The van der Waals surface area contributed by atoms with Gasteiger partial charge in [-0.25, -0.2) is 4.99 Å². The van der Waals surface area contributed by atoms with Crippen molar-refractivity contribution in [3.05, 3.63) is 23.5 Å². The summed E-state index contributed by atoms with van der Waals surface area (Å²) < 4.78 is 0. The van der Waals surface area contributed by atoms with Gasteiger partial charge in [0.2, 0.25) is 0 Å². The molecule has 0 bridgehead atoms. The van der Waals surface area contributed by atoms with Crippen molar-refractivity contribution in [3.63, 3.8) is 0 Å². The Hall–Kier alpha value is -1.38. The average molecular weight is 119 g/mol. The van der Waals surface area contributed by atoms with Crippen LogP contribution in [0.15, 0.2) is 33.5 Å². The maximum absolute atomic E-state index is 5.38. The first-order valence-corrected chi connectivity index (χ1v) is 2.67. The van der Waals surface area contributed by atoms with Crippen LogP contribution in [0.4, 0.5) is 0 Å². The normalized spacial score (nSPS) is 21.1. The van der Waals surface area contributed by atoms with Gasteiger partial charge in [0.15, 0.2) is 0 Å². The van der Waals surface area contributed by atoms with Gasteiger partial charge in [-0.15, -0.1) is 0 Å². The third-order valence-electron chi connectivity index (χ3n) is 1.24. The Kier molecular flexibility index (Phi) is 0.656. The van der Waals surface area contributed by atoms with E-state index in [0.29, 0.717) is 5.84 Å². The second-order valence-electron chi connectivity index (χ2n) is 1.90. The van der Waals surface area contributed by atoms with E-state index in [2.05, 4.69) is 9.98 Å². The van der Waals surface area contributed by atoms with Gasteiger partial charge in [0.05, 0.1) is 11.4 Å².